The summed E-state index contributed by atoms with van der Waals surface area (Å²) in [6.45, 7) is 0. The molecule has 0 N–H and O–H groups in total. The van der Waals surface area contributed by atoms with Crippen molar-refractivity contribution in [3.63, 3.8) is 0 Å². The van der Waals surface area contributed by atoms with Gasteiger partial charge in [-0.15, -0.1) is 0 Å². The van der Waals surface area contributed by atoms with Crippen molar-refractivity contribution in [2.45, 2.75) is 12.4 Å². The van der Waals surface area contributed by atoms with Gasteiger partial charge in [-0.1, -0.05) is 34.8 Å². The Hall–Kier alpha value is -1.18. The first-order valence-corrected chi connectivity index (χ1v) is 6.83. The van der Waals surface area contributed by atoms with Crippen molar-refractivity contribution >= 4 is 34.8 Å². The van der Waals surface area contributed by atoms with E-state index in [0.717, 1.165) is 12.1 Å². The van der Waals surface area contributed by atoms with Crippen LogP contribution in [0.4, 0.5) is 26.3 Å². The molecule has 1 nitrogen and oxygen atoms in total. The second kappa shape index (κ2) is 6.03. The highest BCUT2D eigenvalue weighted by Gasteiger charge is 2.41. The fourth-order valence-electron chi connectivity index (χ4n) is 1.90. The molecule has 0 aliphatic rings. The Kier molecular flexibility index (Phi) is 4.76. The lowest BCUT2D eigenvalue weighted by molar-refractivity contribution is -0.142. The zero-order chi connectivity index (χ0) is 17.6. The molecule has 0 radical (unpaired) electrons. The lowest BCUT2D eigenvalue weighted by atomic mass is 9.96. The van der Waals surface area contributed by atoms with Crippen molar-refractivity contribution in [2.75, 3.05) is 0 Å². The monoisotopic (exact) mass is 393 g/mol. The molecule has 0 aliphatic heterocycles. The molecule has 1 aromatic carbocycles. The summed E-state index contributed by atoms with van der Waals surface area (Å²) in [7, 11) is 0. The largest absolute Gasteiger partial charge is 0.418 e. The van der Waals surface area contributed by atoms with E-state index in [-0.39, 0.29) is 15.1 Å². The first-order valence-electron chi connectivity index (χ1n) is 5.70. The van der Waals surface area contributed by atoms with Crippen LogP contribution >= 0.6 is 34.8 Å². The minimum atomic E-state index is -5.05. The molecule has 0 saturated heterocycles. The number of hydrogen-bond donors (Lipinski definition) is 0. The van der Waals surface area contributed by atoms with Crippen LogP contribution in [0.2, 0.25) is 15.1 Å². The zero-order valence-electron chi connectivity index (χ0n) is 10.7. The van der Waals surface area contributed by atoms with Crippen LogP contribution in [0.25, 0.3) is 11.1 Å². The summed E-state index contributed by atoms with van der Waals surface area (Å²) >= 11 is 17.1. The van der Waals surface area contributed by atoms with E-state index in [0.29, 0.717) is 12.4 Å². The molecule has 1 aromatic heterocycles. The Bertz CT molecular complexity index is 699. The van der Waals surface area contributed by atoms with Gasteiger partial charge in [0.1, 0.15) is 0 Å². The van der Waals surface area contributed by atoms with Gasteiger partial charge in [-0.3, -0.25) is 4.98 Å². The van der Waals surface area contributed by atoms with E-state index in [1.54, 1.807) is 0 Å². The van der Waals surface area contributed by atoms with Gasteiger partial charge in [-0.25, -0.2) is 0 Å². The first-order chi connectivity index (χ1) is 10.4. The minimum Gasteiger partial charge on any atom is -0.263 e. The number of aromatic nitrogens is 1. The summed E-state index contributed by atoms with van der Waals surface area (Å²) in [4.78, 5) is 3.03. The third-order valence-electron chi connectivity index (χ3n) is 2.83. The highest BCUT2D eigenvalue weighted by Crippen LogP contribution is 2.45. The van der Waals surface area contributed by atoms with Crippen molar-refractivity contribution in [1.82, 2.24) is 4.98 Å². The van der Waals surface area contributed by atoms with Crippen molar-refractivity contribution in [2.24, 2.45) is 0 Å². The lowest BCUT2D eigenvalue weighted by Gasteiger charge is -2.18. The molecule has 1 heterocycles. The van der Waals surface area contributed by atoms with Crippen LogP contribution in [-0.2, 0) is 12.4 Å². The van der Waals surface area contributed by atoms with Gasteiger partial charge in [0, 0.05) is 18.0 Å². The molecule has 2 aromatic rings. The van der Waals surface area contributed by atoms with Crippen LogP contribution in [0, 0.1) is 0 Å². The van der Waals surface area contributed by atoms with Crippen LogP contribution in [0.5, 0.6) is 0 Å². The molecule has 0 atom stereocenters. The summed E-state index contributed by atoms with van der Waals surface area (Å²) in [5.41, 5.74) is -4.68. The smallest absolute Gasteiger partial charge is 0.263 e. The van der Waals surface area contributed by atoms with E-state index < -0.39 is 34.6 Å². The Labute approximate surface area is 140 Å². The van der Waals surface area contributed by atoms with E-state index in [1.165, 1.54) is 0 Å². The second-order valence-corrected chi connectivity index (χ2v) is 5.55. The van der Waals surface area contributed by atoms with Gasteiger partial charge in [-0.05, 0) is 17.7 Å². The molecule has 0 bridgehead atoms. The van der Waals surface area contributed by atoms with Gasteiger partial charge in [0.05, 0.1) is 26.2 Å². The van der Waals surface area contributed by atoms with Crippen molar-refractivity contribution in [3.05, 3.63) is 50.7 Å². The highest BCUT2D eigenvalue weighted by molar-refractivity contribution is 6.48. The molecule has 2 rings (SSSR count). The van der Waals surface area contributed by atoms with Crippen molar-refractivity contribution in [3.8, 4) is 11.1 Å². The quantitative estimate of drug-likeness (QED) is 0.385. The van der Waals surface area contributed by atoms with Crippen LogP contribution in [0.3, 0.4) is 0 Å². The number of rotatable bonds is 1. The third kappa shape index (κ3) is 3.67. The van der Waals surface area contributed by atoms with Crippen LogP contribution in [-0.4, -0.2) is 4.98 Å². The molecule has 0 unspecified atom stereocenters. The second-order valence-electron chi connectivity index (χ2n) is 4.36. The Morgan fingerprint density at radius 1 is 0.739 bits per heavy atom. The lowest BCUT2D eigenvalue weighted by Crippen LogP contribution is -2.15. The van der Waals surface area contributed by atoms with Gasteiger partial charge in [-0.2, -0.15) is 26.3 Å². The normalized spacial score (nSPS) is 12.6. The summed E-state index contributed by atoms with van der Waals surface area (Å²) in [6, 6.07) is 1.77. The van der Waals surface area contributed by atoms with Gasteiger partial charge >= 0.3 is 12.4 Å². The molecule has 23 heavy (non-hydrogen) atoms. The maximum absolute atomic E-state index is 13.1. The molecular formula is C13H4Cl3F6N. The molecule has 0 saturated carbocycles. The Morgan fingerprint density at radius 2 is 1.13 bits per heavy atom. The Balaban J connectivity index is 2.89. The van der Waals surface area contributed by atoms with Gasteiger partial charge in [0.25, 0.3) is 0 Å². The zero-order valence-corrected chi connectivity index (χ0v) is 12.9. The number of halogens is 9. The SMILES string of the molecule is FC(F)(F)c1cncc(C(F)(F)F)c1-c1cc(Cl)c(Cl)c(Cl)c1. The molecule has 124 valence electrons. The van der Waals surface area contributed by atoms with Gasteiger partial charge in [0.15, 0.2) is 0 Å². The number of alkyl halides is 6. The number of nitrogens with zero attached hydrogens (tertiary/aromatic N) is 1. The maximum atomic E-state index is 13.1. The summed E-state index contributed by atoms with van der Waals surface area (Å²) in [5, 5.41) is -0.715. The fourth-order valence-corrected chi connectivity index (χ4v) is 2.50. The summed E-state index contributed by atoms with van der Waals surface area (Å²) < 4.78 is 78.5. The maximum Gasteiger partial charge on any atom is 0.418 e. The molecule has 0 amide bonds. The first kappa shape index (κ1) is 18.2. The van der Waals surface area contributed by atoms with Crippen LogP contribution in [0.15, 0.2) is 24.5 Å². The van der Waals surface area contributed by atoms with Gasteiger partial charge < -0.3 is 0 Å². The molecule has 0 spiro atoms. The number of hydrogen-bond acceptors (Lipinski definition) is 1. The molecule has 10 heteroatoms. The molecule has 0 aliphatic carbocycles. The van der Waals surface area contributed by atoms with Crippen LogP contribution in [0.1, 0.15) is 11.1 Å². The minimum absolute atomic E-state index is 0.173. The van der Waals surface area contributed by atoms with Crippen LogP contribution < -0.4 is 0 Å². The van der Waals surface area contributed by atoms with E-state index >= 15 is 0 Å². The average molecular weight is 395 g/mol. The van der Waals surface area contributed by atoms with E-state index in [9.17, 15) is 26.3 Å². The van der Waals surface area contributed by atoms with E-state index in [1.807, 2.05) is 0 Å². The predicted molar refractivity (Wildman–Crippen MR) is 74.7 cm³/mol. The van der Waals surface area contributed by atoms with E-state index in [4.69, 9.17) is 34.8 Å². The fraction of sp³-hybridized carbons (Fsp3) is 0.154. The summed E-state index contributed by atoms with van der Waals surface area (Å²) in [5.74, 6) is 0. The van der Waals surface area contributed by atoms with Crippen molar-refractivity contribution in [1.29, 1.82) is 0 Å². The van der Waals surface area contributed by atoms with E-state index in [2.05, 4.69) is 4.98 Å². The summed E-state index contributed by atoms with van der Waals surface area (Å²) in [6.07, 6.45) is -9.49. The van der Waals surface area contributed by atoms with Gasteiger partial charge in [0.2, 0.25) is 0 Å². The van der Waals surface area contributed by atoms with Crippen molar-refractivity contribution < 1.29 is 26.3 Å². The standard InChI is InChI=1S/C13H4Cl3F6N/c14-8-1-5(2-9(15)11(8)16)10-6(12(17,18)19)3-23-4-7(10)13(20,21)22/h1-4H. The highest BCUT2D eigenvalue weighted by atomic mass is 35.5. The molecule has 0 fully saturated rings. The topological polar surface area (TPSA) is 12.9 Å². The average Bonchev–Trinajstić information content (AvgIpc) is 2.41. The third-order valence-corrected chi connectivity index (χ3v) is 4.03. The number of benzene rings is 1. The number of pyridine rings is 1. The Morgan fingerprint density at radius 3 is 1.48 bits per heavy atom. The molecular weight excluding hydrogens is 390 g/mol. The predicted octanol–water partition coefficient (Wildman–Crippen LogP) is 6.75.